The van der Waals surface area contributed by atoms with E-state index >= 15 is 0 Å². The third kappa shape index (κ3) is 1.78. The number of benzene rings is 2. The number of aliphatic hydroxyl groups is 1. The van der Waals surface area contributed by atoms with Crippen LogP contribution in [-0.2, 0) is 5.72 Å². The lowest BCUT2D eigenvalue weighted by Crippen LogP contribution is -2.38. The van der Waals surface area contributed by atoms with E-state index in [4.69, 9.17) is 11.5 Å². The molecule has 0 spiro atoms. The predicted molar refractivity (Wildman–Crippen MR) is 64.5 cm³/mol. The Morgan fingerprint density at radius 3 is 2.06 bits per heavy atom. The average Bonchev–Trinajstić information content (AvgIpc) is 2.30. The summed E-state index contributed by atoms with van der Waals surface area (Å²) in [6.45, 7) is 0. The Hall–Kier alpha value is -1.84. The molecule has 0 heterocycles. The molecule has 0 aromatic heterocycles. The highest BCUT2D eigenvalue weighted by atomic mass is 16.3. The van der Waals surface area contributed by atoms with Crippen LogP contribution < -0.4 is 11.5 Å². The molecule has 0 aliphatic carbocycles. The molecule has 2 rings (SSSR count). The largest absolute Gasteiger partial charge is 0.398 e. The Labute approximate surface area is 94.3 Å². The van der Waals surface area contributed by atoms with Crippen molar-refractivity contribution in [3.05, 3.63) is 65.7 Å². The van der Waals surface area contributed by atoms with Crippen LogP contribution >= 0.6 is 0 Å². The van der Waals surface area contributed by atoms with Crippen LogP contribution in [0.2, 0.25) is 0 Å². The standard InChI is InChI=1S/C13H14N2O/c14-12-9-5-4-8-11(12)13(15,16)10-6-2-1-3-7-10/h1-9,16H,14-15H2. The van der Waals surface area contributed by atoms with E-state index in [-0.39, 0.29) is 0 Å². The molecule has 1 unspecified atom stereocenters. The zero-order valence-corrected chi connectivity index (χ0v) is 8.80. The van der Waals surface area contributed by atoms with Crippen LogP contribution in [0.3, 0.4) is 0 Å². The summed E-state index contributed by atoms with van der Waals surface area (Å²) >= 11 is 0. The first kappa shape index (κ1) is 10.7. The van der Waals surface area contributed by atoms with Crippen LogP contribution in [0.15, 0.2) is 54.6 Å². The van der Waals surface area contributed by atoms with E-state index in [2.05, 4.69) is 0 Å². The quantitative estimate of drug-likeness (QED) is 0.523. The van der Waals surface area contributed by atoms with Gasteiger partial charge in [0.2, 0.25) is 0 Å². The molecule has 1 atom stereocenters. The van der Waals surface area contributed by atoms with Crippen LogP contribution in [0.5, 0.6) is 0 Å². The lowest BCUT2D eigenvalue weighted by molar-refractivity contribution is 0.0892. The van der Waals surface area contributed by atoms with Crippen molar-refractivity contribution in [2.45, 2.75) is 5.72 Å². The van der Waals surface area contributed by atoms with Crippen molar-refractivity contribution in [1.82, 2.24) is 0 Å². The molecule has 3 nitrogen and oxygen atoms in total. The van der Waals surface area contributed by atoms with E-state index in [1.54, 1.807) is 36.4 Å². The first-order valence-electron chi connectivity index (χ1n) is 5.04. The molecule has 0 bridgehead atoms. The molecule has 5 N–H and O–H groups in total. The number of nitrogen functional groups attached to an aromatic ring is 1. The van der Waals surface area contributed by atoms with Crippen molar-refractivity contribution in [2.75, 3.05) is 5.73 Å². The number of nitrogens with two attached hydrogens (primary N) is 2. The van der Waals surface area contributed by atoms with Crippen molar-refractivity contribution in [3.8, 4) is 0 Å². The zero-order valence-electron chi connectivity index (χ0n) is 8.80. The average molecular weight is 214 g/mol. The van der Waals surface area contributed by atoms with Gasteiger partial charge in [0.25, 0.3) is 0 Å². The minimum Gasteiger partial charge on any atom is -0.398 e. The van der Waals surface area contributed by atoms with Crippen molar-refractivity contribution >= 4 is 5.69 Å². The van der Waals surface area contributed by atoms with Crippen molar-refractivity contribution in [2.24, 2.45) is 5.73 Å². The maximum atomic E-state index is 10.3. The highest BCUT2D eigenvalue weighted by Crippen LogP contribution is 2.27. The summed E-state index contributed by atoms with van der Waals surface area (Å²) in [4.78, 5) is 0. The number of anilines is 1. The minimum absolute atomic E-state index is 0.483. The van der Waals surface area contributed by atoms with Crippen molar-refractivity contribution in [1.29, 1.82) is 0 Å². The smallest absolute Gasteiger partial charge is 0.168 e. The van der Waals surface area contributed by atoms with Gasteiger partial charge in [-0.3, -0.25) is 5.73 Å². The van der Waals surface area contributed by atoms with Gasteiger partial charge in [-0.25, -0.2) is 0 Å². The van der Waals surface area contributed by atoms with Crippen LogP contribution in [0.1, 0.15) is 11.1 Å². The summed E-state index contributed by atoms with van der Waals surface area (Å²) in [6.07, 6.45) is 0. The molecule has 2 aromatic carbocycles. The fourth-order valence-electron chi connectivity index (χ4n) is 1.69. The normalized spacial score (nSPS) is 14.4. The van der Waals surface area contributed by atoms with Gasteiger partial charge in [0.15, 0.2) is 5.72 Å². The van der Waals surface area contributed by atoms with Gasteiger partial charge in [0.05, 0.1) is 0 Å². The Morgan fingerprint density at radius 2 is 1.44 bits per heavy atom. The summed E-state index contributed by atoms with van der Waals surface area (Å²) in [5.74, 6) is 0. The third-order valence-corrected chi connectivity index (χ3v) is 2.59. The molecule has 16 heavy (non-hydrogen) atoms. The molecule has 0 aliphatic rings. The molecular formula is C13H14N2O. The molecule has 3 heteroatoms. The summed E-state index contributed by atoms with van der Waals surface area (Å²) in [5.41, 5.74) is 11.8. The first-order chi connectivity index (χ1) is 7.62. The monoisotopic (exact) mass is 214 g/mol. The van der Waals surface area contributed by atoms with E-state index in [1.807, 2.05) is 18.2 Å². The molecule has 0 fully saturated rings. The van der Waals surface area contributed by atoms with Crippen LogP contribution in [0, 0.1) is 0 Å². The van der Waals surface area contributed by atoms with E-state index < -0.39 is 5.72 Å². The topological polar surface area (TPSA) is 72.3 Å². The first-order valence-corrected chi connectivity index (χ1v) is 5.04. The number of hydrogen-bond donors (Lipinski definition) is 3. The van der Waals surface area contributed by atoms with Gasteiger partial charge >= 0.3 is 0 Å². The molecular weight excluding hydrogens is 200 g/mol. The van der Waals surface area contributed by atoms with Crippen LogP contribution in [-0.4, -0.2) is 5.11 Å². The predicted octanol–water partition coefficient (Wildman–Crippen LogP) is 1.42. The van der Waals surface area contributed by atoms with Crippen molar-refractivity contribution in [3.63, 3.8) is 0 Å². The van der Waals surface area contributed by atoms with Gasteiger partial charge in [0, 0.05) is 16.8 Å². The maximum Gasteiger partial charge on any atom is 0.168 e. The lowest BCUT2D eigenvalue weighted by atomic mass is 9.94. The Kier molecular flexibility index (Phi) is 2.64. The van der Waals surface area contributed by atoms with E-state index in [1.165, 1.54) is 0 Å². The second-order valence-electron chi connectivity index (χ2n) is 3.72. The molecule has 0 saturated heterocycles. The Bertz CT molecular complexity index is 480. The third-order valence-electron chi connectivity index (χ3n) is 2.59. The summed E-state index contributed by atoms with van der Waals surface area (Å²) in [5, 5.41) is 10.3. The maximum absolute atomic E-state index is 10.3. The van der Waals surface area contributed by atoms with E-state index in [0.717, 1.165) is 0 Å². The molecule has 0 aliphatic heterocycles. The summed E-state index contributed by atoms with van der Waals surface area (Å²) < 4.78 is 0. The summed E-state index contributed by atoms with van der Waals surface area (Å²) in [6, 6.07) is 16.1. The van der Waals surface area contributed by atoms with Gasteiger partial charge in [-0.05, 0) is 6.07 Å². The molecule has 2 aromatic rings. The van der Waals surface area contributed by atoms with Crippen molar-refractivity contribution < 1.29 is 5.11 Å². The summed E-state index contributed by atoms with van der Waals surface area (Å²) in [7, 11) is 0. The van der Waals surface area contributed by atoms with Gasteiger partial charge in [-0.2, -0.15) is 0 Å². The van der Waals surface area contributed by atoms with Crippen LogP contribution in [0.25, 0.3) is 0 Å². The molecule has 82 valence electrons. The number of para-hydroxylation sites is 1. The van der Waals surface area contributed by atoms with E-state index in [9.17, 15) is 5.11 Å². The van der Waals surface area contributed by atoms with Gasteiger partial charge in [-0.1, -0.05) is 48.5 Å². The number of hydrogen-bond acceptors (Lipinski definition) is 3. The van der Waals surface area contributed by atoms with E-state index in [0.29, 0.717) is 16.8 Å². The second-order valence-corrected chi connectivity index (χ2v) is 3.72. The fraction of sp³-hybridized carbons (Fsp3) is 0.0769. The SMILES string of the molecule is Nc1ccccc1C(N)(O)c1ccccc1. The highest BCUT2D eigenvalue weighted by Gasteiger charge is 2.27. The van der Waals surface area contributed by atoms with Gasteiger partial charge in [0.1, 0.15) is 0 Å². The minimum atomic E-state index is -1.55. The molecule has 0 amide bonds. The highest BCUT2D eigenvalue weighted by molar-refractivity contribution is 5.52. The van der Waals surface area contributed by atoms with Gasteiger partial charge in [-0.15, -0.1) is 0 Å². The van der Waals surface area contributed by atoms with Crippen LogP contribution in [0.4, 0.5) is 5.69 Å². The van der Waals surface area contributed by atoms with Gasteiger partial charge < -0.3 is 10.8 Å². The Balaban J connectivity index is 2.51. The second kappa shape index (κ2) is 3.96. The lowest BCUT2D eigenvalue weighted by Gasteiger charge is -2.25. The molecule has 0 saturated carbocycles. The fourth-order valence-corrected chi connectivity index (χ4v) is 1.69. The zero-order chi connectivity index (χ0) is 11.6. The Morgan fingerprint density at radius 1 is 0.875 bits per heavy atom. The number of rotatable bonds is 2. The molecule has 0 radical (unpaired) electrons.